The number of carbonyl (C=O) groups excluding carboxylic acids is 1. The summed E-state index contributed by atoms with van der Waals surface area (Å²) >= 11 is 0. The predicted octanol–water partition coefficient (Wildman–Crippen LogP) is 4.80. The molecule has 2 aromatic carbocycles. The average Bonchev–Trinajstić information content (AvgIpc) is 3.13. The minimum Gasteiger partial charge on any atom is -0.441 e. The highest BCUT2D eigenvalue weighted by Gasteiger charge is 2.27. The van der Waals surface area contributed by atoms with Crippen molar-refractivity contribution in [2.45, 2.75) is 46.7 Å². The maximum absolute atomic E-state index is 12.8. The molecule has 1 N–H and O–H groups in total. The molecule has 1 aliphatic rings. The first-order chi connectivity index (χ1) is 15.0. The molecule has 2 heterocycles. The molecule has 0 spiro atoms. The van der Waals surface area contributed by atoms with Crippen LogP contribution in [0.3, 0.4) is 0 Å². The van der Waals surface area contributed by atoms with Crippen LogP contribution >= 0.6 is 0 Å². The topological polar surface area (TPSA) is 58.4 Å². The lowest BCUT2D eigenvalue weighted by molar-refractivity contribution is -0.127. The van der Waals surface area contributed by atoms with Gasteiger partial charge < -0.3 is 9.73 Å². The van der Waals surface area contributed by atoms with E-state index in [1.807, 2.05) is 19.1 Å². The average molecular weight is 418 g/mol. The maximum Gasteiger partial charge on any atom is 0.226 e. The number of aromatic nitrogens is 1. The SMILES string of the molecule is Cc1ccc(CNC(=O)C2CCCN(Cc3nc(-c4cccc(C)c4)oc3C)C2)cc1. The Hall–Kier alpha value is -2.92. The Bertz CT molecular complexity index is 1040. The molecule has 0 saturated carbocycles. The summed E-state index contributed by atoms with van der Waals surface area (Å²) in [5.74, 6) is 1.67. The van der Waals surface area contributed by atoms with Gasteiger partial charge in [-0.1, -0.05) is 47.5 Å². The van der Waals surface area contributed by atoms with Crippen LogP contribution < -0.4 is 5.32 Å². The third kappa shape index (κ3) is 5.42. The molecule has 0 aliphatic carbocycles. The number of oxazole rings is 1. The maximum atomic E-state index is 12.8. The summed E-state index contributed by atoms with van der Waals surface area (Å²) < 4.78 is 5.95. The molecule has 1 aliphatic heterocycles. The molecule has 1 unspecified atom stereocenters. The Morgan fingerprint density at radius 3 is 2.71 bits per heavy atom. The van der Waals surface area contributed by atoms with Crippen molar-refractivity contribution in [1.82, 2.24) is 15.2 Å². The zero-order valence-corrected chi connectivity index (χ0v) is 18.6. The third-order valence-corrected chi connectivity index (χ3v) is 5.99. The van der Waals surface area contributed by atoms with Gasteiger partial charge in [-0.2, -0.15) is 0 Å². The number of hydrogen-bond donors (Lipinski definition) is 1. The van der Waals surface area contributed by atoms with Gasteiger partial charge in [-0.3, -0.25) is 9.69 Å². The van der Waals surface area contributed by atoms with Gasteiger partial charge in [0.2, 0.25) is 11.8 Å². The number of carbonyl (C=O) groups is 1. The van der Waals surface area contributed by atoms with Crippen molar-refractivity contribution in [1.29, 1.82) is 0 Å². The van der Waals surface area contributed by atoms with Gasteiger partial charge in [-0.15, -0.1) is 0 Å². The minimum absolute atomic E-state index is 0.0163. The van der Waals surface area contributed by atoms with Gasteiger partial charge >= 0.3 is 0 Å². The molecule has 31 heavy (non-hydrogen) atoms. The number of aryl methyl sites for hydroxylation is 3. The van der Waals surface area contributed by atoms with Crippen molar-refractivity contribution in [3.63, 3.8) is 0 Å². The zero-order chi connectivity index (χ0) is 21.8. The van der Waals surface area contributed by atoms with Crippen LogP contribution in [0.15, 0.2) is 52.9 Å². The molecule has 5 heteroatoms. The molecule has 0 bridgehead atoms. The van der Waals surface area contributed by atoms with Crippen LogP contribution in [0.4, 0.5) is 0 Å². The summed E-state index contributed by atoms with van der Waals surface area (Å²) in [7, 11) is 0. The van der Waals surface area contributed by atoms with Gasteiger partial charge in [0.1, 0.15) is 5.76 Å². The molecule has 0 radical (unpaired) electrons. The summed E-state index contributed by atoms with van der Waals surface area (Å²) in [6.45, 7) is 9.13. The van der Waals surface area contributed by atoms with Crippen LogP contribution in [0.5, 0.6) is 0 Å². The summed E-state index contributed by atoms with van der Waals surface area (Å²) in [4.78, 5) is 19.8. The van der Waals surface area contributed by atoms with E-state index in [4.69, 9.17) is 9.40 Å². The molecule has 5 nitrogen and oxygen atoms in total. The van der Waals surface area contributed by atoms with E-state index in [-0.39, 0.29) is 11.8 Å². The van der Waals surface area contributed by atoms with E-state index in [0.717, 1.165) is 48.5 Å². The number of benzene rings is 2. The molecule has 1 fully saturated rings. The Balaban J connectivity index is 1.35. The van der Waals surface area contributed by atoms with Gasteiger partial charge in [0.15, 0.2) is 0 Å². The van der Waals surface area contributed by atoms with E-state index in [1.165, 1.54) is 11.1 Å². The van der Waals surface area contributed by atoms with E-state index < -0.39 is 0 Å². The lowest BCUT2D eigenvalue weighted by Crippen LogP contribution is -2.42. The molecule has 1 aromatic heterocycles. The minimum atomic E-state index is 0.0163. The van der Waals surface area contributed by atoms with Crippen LogP contribution in [-0.2, 0) is 17.9 Å². The molecule has 1 atom stereocenters. The number of amides is 1. The molecule has 4 rings (SSSR count). The number of piperidine rings is 1. The number of rotatable bonds is 6. The fourth-order valence-corrected chi connectivity index (χ4v) is 4.14. The number of nitrogens with one attached hydrogen (secondary N) is 1. The van der Waals surface area contributed by atoms with E-state index in [1.54, 1.807) is 0 Å². The van der Waals surface area contributed by atoms with Crippen molar-refractivity contribution in [3.05, 3.63) is 76.7 Å². The normalized spacial score (nSPS) is 16.9. The molecule has 1 amide bonds. The highest BCUT2D eigenvalue weighted by molar-refractivity contribution is 5.79. The largest absolute Gasteiger partial charge is 0.441 e. The second-order valence-corrected chi connectivity index (χ2v) is 8.67. The monoisotopic (exact) mass is 417 g/mol. The van der Waals surface area contributed by atoms with Crippen LogP contribution in [0, 0.1) is 26.7 Å². The van der Waals surface area contributed by atoms with Crippen molar-refractivity contribution < 1.29 is 9.21 Å². The Kier molecular flexibility index (Phi) is 6.52. The lowest BCUT2D eigenvalue weighted by atomic mass is 9.97. The highest BCUT2D eigenvalue weighted by atomic mass is 16.4. The van der Waals surface area contributed by atoms with Gasteiger partial charge in [-0.25, -0.2) is 4.98 Å². The van der Waals surface area contributed by atoms with Crippen molar-refractivity contribution in [3.8, 4) is 11.5 Å². The van der Waals surface area contributed by atoms with E-state index in [9.17, 15) is 4.79 Å². The second-order valence-electron chi connectivity index (χ2n) is 8.67. The zero-order valence-electron chi connectivity index (χ0n) is 18.6. The molecule has 3 aromatic rings. The number of likely N-dealkylation sites (tertiary alicyclic amines) is 1. The molecular formula is C26H31N3O2. The van der Waals surface area contributed by atoms with Crippen molar-refractivity contribution >= 4 is 5.91 Å². The summed E-state index contributed by atoms with van der Waals surface area (Å²) in [6.07, 6.45) is 1.95. The standard InChI is InChI=1S/C26H31N3O2/c1-18-9-11-21(12-10-18)15-27-25(30)23-8-5-13-29(16-23)17-24-20(3)31-26(28-24)22-7-4-6-19(2)14-22/h4,6-7,9-12,14,23H,5,8,13,15-17H2,1-3H3,(H,27,30). The number of hydrogen-bond acceptors (Lipinski definition) is 4. The summed E-state index contributed by atoms with van der Waals surface area (Å²) in [5.41, 5.74) is 5.50. The fraction of sp³-hybridized carbons (Fsp3) is 0.385. The quantitative estimate of drug-likeness (QED) is 0.626. The first-order valence-electron chi connectivity index (χ1n) is 11.1. The van der Waals surface area contributed by atoms with Gasteiger partial charge in [0, 0.05) is 25.2 Å². The Morgan fingerprint density at radius 2 is 1.94 bits per heavy atom. The molecule has 162 valence electrons. The first kappa shape index (κ1) is 21.3. The van der Waals surface area contributed by atoms with Crippen LogP contribution in [0.1, 0.15) is 41.0 Å². The smallest absolute Gasteiger partial charge is 0.226 e. The first-order valence-corrected chi connectivity index (χ1v) is 11.1. The third-order valence-electron chi connectivity index (χ3n) is 5.99. The second kappa shape index (κ2) is 9.48. The summed E-state index contributed by atoms with van der Waals surface area (Å²) in [5, 5.41) is 3.12. The van der Waals surface area contributed by atoms with E-state index >= 15 is 0 Å². The fourth-order valence-electron chi connectivity index (χ4n) is 4.14. The Morgan fingerprint density at radius 1 is 1.13 bits per heavy atom. The Labute approximate surface area is 184 Å². The van der Waals surface area contributed by atoms with Crippen molar-refractivity contribution in [2.24, 2.45) is 5.92 Å². The van der Waals surface area contributed by atoms with Crippen molar-refractivity contribution in [2.75, 3.05) is 13.1 Å². The predicted molar refractivity (Wildman–Crippen MR) is 122 cm³/mol. The van der Waals surface area contributed by atoms with Gasteiger partial charge in [0.05, 0.1) is 11.6 Å². The van der Waals surface area contributed by atoms with Crippen LogP contribution in [0.2, 0.25) is 0 Å². The number of nitrogens with zero attached hydrogens (tertiary/aromatic N) is 2. The van der Waals surface area contributed by atoms with Crippen LogP contribution in [0.25, 0.3) is 11.5 Å². The molecule has 1 saturated heterocycles. The van der Waals surface area contributed by atoms with Gasteiger partial charge in [0.25, 0.3) is 0 Å². The summed E-state index contributed by atoms with van der Waals surface area (Å²) in [6, 6.07) is 16.5. The lowest BCUT2D eigenvalue weighted by Gasteiger charge is -2.31. The van der Waals surface area contributed by atoms with E-state index in [0.29, 0.717) is 19.0 Å². The molecular weight excluding hydrogens is 386 g/mol. The highest BCUT2D eigenvalue weighted by Crippen LogP contribution is 2.25. The van der Waals surface area contributed by atoms with Crippen LogP contribution in [-0.4, -0.2) is 28.9 Å². The van der Waals surface area contributed by atoms with Gasteiger partial charge in [-0.05, 0) is 57.9 Å². The van der Waals surface area contributed by atoms with E-state index in [2.05, 4.69) is 60.5 Å².